The minimum Gasteiger partial charge on any atom is -0.369 e. The number of imidazole rings is 1. The molecule has 0 aliphatic heterocycles. The van der Waals surface area contributed by atoms with Gasteiger partial charge in [-0.15, -0.1) is 0 Å². The molecule has 2 aromatic rings. The average molecular weight is 189 g/mol. The first-order valence-electron chi connectivity index (χ1n) is 4.38. The van der Waals surface area contributed by atoms with E-state index in [1.165, 1.54) is 0 Å². The van der Waals surface area contributed by atoms with Crippen LogP contribution in [-0.4, -0.2) is 15.3 Å². The summed E-state index contributed by atoms with van der Waals surface area (Å²) in [6.07, 6.45) is 3.93. The van der Waals surface area contributed by atoms with E-state index < -0.39 is 0 Å². The van der Waals surface area contributed by atoms with Crippen LogP contribution in [0.1, 0.15) is 11.3 Å². The number of nitrogens with zero attached hydrogens (tertiary/aromatic N) is 2. The van der Waals surface area contributed by atoms with Gasteiger partial charge in [-0.1, -0.05) is 0 Å². The first-order valence-corrected chi connectivity index (χ1v) is 4.38. The van der Waals surface area contributed by atoms with Gasteiger partial charge in [0.05, 0.1) is 12.1 Å². The highest BCUT2D eigenvalue weighted by molar-refractivity contribution is 5.76. The van der Waals surface area contributed by atoms with Crippen LogP contribution in [0.15, 0.2) is 24.5 Å². The topological polar surface area (TPSA) is 60.4 Å². The maximum Gasteiger partial charge on any atom is 0.223 e. The third kappa shape index (κ3) is 1.59. The summed E-state index contributed by atoms with van der Waals surface area (Å²) < 4.78 is 1.88. The molecule has 0 bridgehead atoms. The first kappa shape index (κ1) is 8.74. The Morgan fingerprint density at radius 2 is 2.43 bits per heavy atom. The zero-order valence-corrected chi connectivity index (χ0v) is 7.90. The van der Waals surface area contributed by atoms with E-state index in [0.717, 1.165) is 11.2 Å². The van der Waals surface area contributed by atoms with Crippen molar-refractivity contribution in [3.63, 3.8) is 0 Å². The fourth-order valence-electron chi connectivity index (χ4n) is 1.40. The molecular formula is C10H11N3O. The number of rotatable bonds is 2. The van der Waals surface area contributed by atoms with E-state index in [4.69, 9.17) is 5.73 Å². The number of aryl methyl sites for hydroxylation is 1. The van der Waals surface area contributed by atoms with Gasteiger partial charge in [0, 0.05) is 12.4 Å². The maximum atomic E-state index is 10.7. The summed E-state index contributed by atoms with van der Waals surface area (Å²) in [4.78, 5) is 15.0. The first-order chi connectivity index (χ1) is 6.65. The summed E-state index contributed by atoms with van der Waals surface area (Å²) >= 11 is 0. The number of carbonyl (C=O) groups excluding carboxylic acids is 1. The molecule has 2 aromatic heterocycles. The molecule has 4 nitrogen and oxygen atoms in total. The lowest BCUT2D eigenvalue weighted by molar-refractivity contribution is -0.117. The van der Waals surface area contributed by atoms with Crippen molar-refractivity contribution in [2.45, 2.75) is 13.3 Å². The van der Waals surface area contributed by atoms with E-state index in [-0.39, 0.29) is 12.3 Å². The van der Waals surface area contributed by atoms with Crippen molar-refractivity contribution in [1.82, 2.24) is 9.38 Å². The van der Waals surface area contributed by atoms with E-state index in [1.54, 1.807) is 0 Å². The summed E-state index contributed by atoms with van der Waals surface area (Å²) in [5.74, 6) is -0.356. The molecule has 0 saturated carbocycles. The molecule has 72 valence electrons. The molecule has 0 aliphatic rings. The van der Waals surface area contributed by atoms with E-state index in [2.05, 4.69) is 4.98 Å². The van der Waals surface area contributed by atoms with Crippen LogP contribution in [0, 0.1) is 6.92 Å². The lowest BCUT2D eigenvalue weighted by Gasteiger charge is -1.92. The Morgan fingerprint density at radius 1 is 1.64 bits per heavy atom. The molecule has 2 N–H and O–H groups in total. The summed E-state index contributed by atoms with van der Waals surface area (Å²) in [5.41, 5.74) is 7.79. The standard InChI is InChI=1S/C10H11N3O/c1-7-2-3-13-6-8(5-9(11)14)12-10(13)4-7/h2-4,6H,5H2,1H3,(H2,11,14). The van der Waals surface area contributed by atoms with Crippen LogP contribution in [0.25, 0.3) is 5.65 Å². The Kier molecular flexibility index (Phi) is 1.96. The van der Waals surface area contributed by atoms with Crippen LogP contribution >= 0.6 is 0 Å². The highest BCUT2D eigenvalue weighted by Gasteiger charge is 2.03. The molecule has 1 amide bonds. The van der Waals surface area contributed by atoms with E-state index in [0.29, 0.717) is 5.69 Å². The van der Waals surface area contributed by atoms with Gasteiger partial charge in [-0.3, -0.25) is 4.79 Å². The molecule has 0 fully saturated rings. The van der Waals surface area contributed by atoms with Gasteiger partial charge in [0.1, 0.15) is 5.65 Å². The third-order valence-corrected chi connectivity index (χ3v) is 2.02. The number of pyridine rings is 1. The number of hydrogen-bond donors (Lipinski definition) is 1. The Bertz CT molecular complexity index is 487. The van der Waals surface area contributed by atoms with Crippen molar-refractivity contribution in [2.75, 3.05) is 0 Å². The molecule has 0 aliphatic carbocycles. The molecule has 2 rings (SSSR count). The minimum atomic E-state index is -0.356. The number of nitrogens with two attached hydrogens (primary N) is 1. The van der Waals surface area contributed by atoms with Crippen LogP contribution < -0.4 is 5.73 Å². The molecule has 0 saturated heterocycles. The average Bonchev–Trinajstić information content (AvgIpc) is 2.44. The third-order valence-electron chi connectivity index (χ3n) is 2.02. The Balaban J connectivity index is 2.46. The van der Waals surface area contributed by atoms with Gasteiger partial charge < -0.3 is 10.1 Å². The Labute approximate surface area is 81.4 Å². The second kappa shape index (κ2) is 3.14. The fraction of sp³-hybridized carbons (Fsp3) is 0.200. The zero-order chi connectivity index (χ0) is 10.1. The number of hydrogen-bond acceptors (Lipinski definition) is 2. The van der Waals surface area contributed by atoms with Crippen LogP contribution in [-0.2, 0) is 11.2 Å². The monoisotopic (exact) mass is 189 g/mol. The van der Waals surface area contributed by atoms with Crippen molar-refractivity contribution in [3.8, 4) is 0 Å². The quantitative estimate of drug-likeness (QED) is 0.754. The predicted octanol–water partition coefficient (Wildman–Crippen LogP) is 0.671. The van der Waals surface area contributed by atoms with Gasteiger partial charge in [0.2, 0.25) is 5.91 Å². The maximum absolute atomic E-state index is 10.7. The van der Waals surface area contributed by atoms with Crippen LogP contribution in [0.4, 0.5) is 0 Å². The van der Waals surface area contributed by atoms with Gasteiger partial charge in [-0.25, -0.2) is 4.98 Å². The molecule has 0 spiro atoms. The largest absolute Gasteiger partial charge is 0.369 e. The molecule has 14 heavy (non-hydrogen) atoms. The van der Waals surface area contributed by atoms with Crippen molar-refractivity contribution < 1.29 is 4.79 Å². The smallest absolute Gasteiger partial charge is 0.223 e. The summed E-state index contributed by atoms with van der Waals surface area (Å²) in [6, 6.07) is 3.95. The van der Waals surface area contributed by atoms with Crippen molar-refractivity contribution in [1.29, 1.82) is 0 Å². The summed E-state index contributed by atoms with van der Waals surface area (Å²) in [7, 11) is 0. The number of primary amides is 1. The lowest BCUT2D eigenvalue weighted by Crippen LogP contribution is -2.13. The van der Waals surface area contributed by atoms with Crippen molar-refractivity contribution in [2.24, 2.45) is 5.73 Å². The molecule has 0 aromatic carbocycles. The highest BCUT2D eigenvalue weighted by Crippen LogP contribution is 2.07. The minimum absolute atomic E-state index is 0.195. The summed E-state index contributed by atoms with van der Waals surface area (Å²) in [5, 5.41) is 0. The van der Waals surface area contributed by atoms with Gasteiger partial charge in [-0.2, -0.15) is 0 Å². The molecule has 0 atom stereocenters. The van der Waals surface area contributed by atoms with E-state index in [1.807, 2.05) is 35.9 Å². The van der Waals surface area contributed by atoms with Gasteiger partial charge in [0.25, 0.3) is 0 Å². The highest BCUT2D eigenvalue weighted by atomic mass is 16.1. The van der Waals surface area contributed by atoms with Crippen LogP contribution in [0.5, 0.6) is 0 Å². The number of fused-ring (bicyclic) bond motifs is 1. The molecule has 2 heterocycles. The van der Waals surface area contributed by atoms with Crippen molar-refractivity contribution >= 4 is 11.6 Å². The van der Waals surface area contributed by atoms with E-state index >= 15 is 0 Å². The van der Waals surface area contributed by atoms with Gasteiger partial charge in [-0.05, 0) is 24.6 Å². The van der Waals surface area contributed by atoms with Crippen LogP contribution in [0.3, 0.4) is 0 Å². The normalized spacial score (nSPS) is 10.6. The predicted molar refractivity (Wildman–Crippen MR) is 52.8 cm³/mol. The zero-order valence-electron chi connectivity index (χ0n) is 7.90. The van der Waals surface area contributed by atoms with E-state index in [9.17, 15) is 4.79 Å². The number of amides is 1. The lowest BCUT2D eigenvalue weighted by atomic mass is 10.3. The SMILES string of the molecule is Cc1ccn2cc(CC(N)=O)nc2c1. The number of carbonyl (C=O) groups is 1. The van der Waals surface area contributed by atoms with Crippen molar-refractivity contribution in [3.05, 3.63) is 35.8 Å². The van der Waals surface area contributed by atoms with Gasteiger partial charge >= 0.3 is 0 Å². The second-order valence-corrected chi connectivity index (χ2v) is 3.34. The summed E-state index contributed by atoms with van der Waals surface area (Å²) in [6.45, 7) is 2.00. The molecule has 0 unspecified atom stereocenters. The molecule has 0 radical (unpaired) electrons. The fourth-order valence-corrected chi connectivity index (χ4v) is 1.40. The second-order valence-electron chi connectivity index (χ2n) is 3.34. The Morgan fingerprint density at radius 3 is 3.14 bits per heavy atom. The van der Waals surface area contributed by atoms with Gasteiger partial charge in [0.15, 0.2) is 0 Å². The number of aromatic nitrogens is 2. The molecule has 4 heteroatoms. The van der Waals surface area contributed by atoms with Crippen LogP contribution in [0.2, 0.25) is 0 Å². The molecular weight excluding hydrogens is 178 g/mol. The Hall–Kier alpha value is -1.84.